The van der Waals surface area contributed by atoms with Crippen LogP contribution in [0, 0.1) is 23.4 Å². The van der Waals surface area contributed by atoms with Crippen molar-refractivity contribution in [3.63, 3.8) is 0 Å². The number of hydrogen-bond acceptors (Lipinski definition) is 2. The van der Waals surface area contributed by atoms with E-state index in [1.165, 1.54) is 0 Å². The Balaban J connectivity index is 2.39. The summed E-state index contributed by atoms with van der Waals surface area (Å²) in [6.45, 7) is 1.75. The number of benzene rings is 1. The molecule has 2 amide bonds. The summed E-state index contributed by atoms with van der Waals surface area (Å²) in [6.07, 6.45) is 0.822. The number of halogens is 3. The lowest BCUT2D eigenvalue weighted by atomic mass is 10.1. The first-order valence-electron chi connectivity index (χ1n) is 6.23. The van der Waals surface area contributed by atoms with E-state index in [-0.39, 0.29) is 12.2 Å². The van der Waals surface area contributed by atoms with Crippen molar-refractivity contribution in [1.29, 1.82) is 0 Å². The van der Waals surface area contributed by atoms with Crippen LogP contribution in [0.15, 0.2) is 12.1 Å². The first-order valence-corrected chi connectivity index (χ1v) is 6.23. The number of anilines is 1. The molecule has 1 unspecified atom stereocenters. The quantitative estimate of drug-likeness (QED) is 0.558. The molecular formula is C13H15F3N2O3. The molecule has 0 saturated carbocycles. The van der Waals surface area contributed by atoms with Crippen molar-refractivity contribution in [3.8, 4) is 0 Å². The molecule has 8 heteroatoms. The number of carbonyl (C=O) groups excluding carboxylic acids is 1. The van der Waals surface area contributed by atoms with Crippen LogP contribution in [0.2, 0.25) is 0 Å². The van der Waals surface area contributed by atoms with Gasteiger partial charge in [-0.2, -0.15) is 0 Å². The van der Waals surface area contributed by atoms with Gasteiger partial charge in [-0.05, 0) is 12.8 Å². The summed E-state index contributed by atoms with van der Waals surface area (Å²) in [6, 6.07) is 0.595. The number of aliphatic carboxylic acids is 1. The predicted octanol–water partition coefficient (Wildman–Crippen LogP) is 2.73. The highest BCUT2D eigenvalue weighted by Crippen LogP contribution is 2.17. The van der Waals surface area contributed by atoms with Crippen LogP contribution < -0.4 is 10.6 Å². The van der Waals surface area contributed by atoms with Crippen LogP contribution in [0.3, 0.4) is 0 Å². The molecule has 5 nitrogen and oxygen atoms in total. The summed E-state index contributed by atoms with van der Waals surface area (Å²) in [7, 11) is 0. The lowest BCUT2D eigenvalue weighted by molar-refractivity contribution is -0.141. The maximum absolute atomic E-state index is 12.9. The van der Waals surface area contributed by atoms with E-state index < -0.39 is 35.4 Å². The smallest absolute Gasteiger partial charge is 0.319 e. The minimum absolute atomic E-state index is 0.204. The average molecular weight is 304 g/mol. The lowest BCUT2D eigenvalue weighted by Crippen LogP contribution is -2.30. The SMILES string of the molecule is CC(CCCNC(=O)Nc1cc(F)c(F)c(F)c1)C(=O)O. The molecule has 0 fully saturated rings. The van der Waals surface area contributed by atoms with Crippen molar-refractivity contribution in [2.24, 2.45) is 5.92 Å². The topological polar surface area (TPSA) is 78.4 Å². The number of amides is 2. The molecule has 0 aromatic heterocycles. The van der Waals surface area contributed by atoms with E-state index in [2.05, 4.69) is 10.6 Å². The summed E-state index contributed by atoms with van der Waals surface area (Å²) < 4.78 is 38.5. The van der Waals surface area contributed by atoms with Crippen LogP contribution >= 0.6 is 0 Å². The number of nitrogens with one attached hydrogen (secondary N) is 2. The molecule has 116 valence electrons. The molecule has 3 N–H and O–H groups in total. The molecule has 0 aliphatic heterocycles. The molecule has 0 radical (unpaired) electrons. The Labute approximate surface area is 119 Å². The number of hydrogen-bond donors (Lipinski definition) is 3. The highest BCUT2D eigenvalue weighted by Gasteiger charge is 2.12. The van der Waals surface area contributed by atoms with Crippen LogP contribution in [0.25, 0.3) is 0 Å². The van der Waals surface area contributed by atoms with Gasteiger partial charge in [-0.3, -0.25) is 4.79 Å². The third kappa shape index (κ3) is 5.33. The lowest BCUT2D eigenvalue weighted by Gasteiger charge is -2.09. The van der Waals surface area contributed by atoms with Gasteiger partial charge in [0.25, 0.3) is 0 Å². The average Bonchev–Trinajstić information content (AvgIpc) is 2.40. The van der Waals surface area contributed by atoms with Crippen LogP contribution in [0.4, 0.5) is 23.7 Å². The zero-order chi connectivity index (χ0) is 16.0. The van der Waals surface area contributed by atoms with Crippen molar-refractivity contribution >= 4 is 17.7 Å². The fraction of sp³-hybridized carbons (Fsp3) is 0.385. The van der Waals surface area contributed by atoms with Crippen molar-refractivity contribution in [1.82, 2.24) is 5.32 Å². The van der Waals surface area contributed by atoms with Gasteiger partial charge in [-0.1, -0.05) is 6.92 Å². The normalized spacial score (nSPS) is 11.8. The van der Waals surface area contributed by atoms with Crippen molar-refractivity contribution < 1.29 is 27.9 Å². The molecule has 0 aliphatic carbocycles. The van der Waals surface area contributed by atoms with Crippen molar-refractivity contribution in [2.75, 3.05) is 11.9 Å². The molecular weight excluding hydrogens is 289 g/mol. The monoisotopic (exact) mass is 304 g/mol. The summed E-state index contributed by atoms with van der Waals surface area (Å²) >= 11 is 0. The second-order valence-electron chi connectivity index (χ2n) is 4.52. The number of rotatable bonds is 6. The molecule has 1 atom stereocenters. The molecule has 0 saturated heterocycles. The Morgan fingerprint density at radius 3 is 2.33 bits per heavy atom. The van der Waals surface area contributed by atoms with Gasteiger partial charge >= 0.3 is 12.0 Å². The number of carbonyl (C=O) groups is 2. The van der Waals surface area contributed by atoms with Crippen LogP contribution in [-0.2, 0) is 4.79 Å². The van der Waals surface area contributed by atoms with Gasteiger partial charge in [-0.15, -0.1) is 0 Å². The largest absolute Gasteiger partial charge is 0.481 e. The Morgan fingerprint density at radius 1 is 1.24 bits per heavy atom. The van der Waals surface area contributed by atoms with Gasteiger partial charge in [0.05, 0.1) is 5.92 Å². The predicted molar refractivity (Wildman–Crippen MR) is 69.4 cm³/mol. The fourth-order valence-corrected chi connectivity index (χ4v) is 1.54. The summed E-state index contributed by atoms with van der Waals surface area (Å²) in [5, 5.41) is 13.2. The van der Waals surface area contributed by atoms with Crippen LogP contribution in [0.1, 0.15) is 19.8 Å². The van der Waals surface area contributed by atoms with Gasteiger partial charge in [0.15, 0.2) is 17.5 Å². The number of carboxylic acid groups (broad SMARTS) is 1. The second-order valence-corrected chi connectivity index (χ2v) is 4.52. The Kier molecular flexibility index (Phi) is 6.01. The molecule has 0 bridgehead atoms. The van der Waals surface area contributed by atoms with E-state index in [1.807, 2.05) is 0 Å². The maximum atomic E-state index is 12.9. The molecule has 21 heavy (non-hydrogen) atoms. The third-order valence-corrected chi connectivity index (χ3v) is 2.76. The van der Waals surface area contributed by atoms with Crippen LogP contribution in [0.5, 0.6) is 0 Å². The number of carboxylic acids is 1. The molecule has 0 spiro atoms. The van der Waals surface area contributed by atoms with Crippen molar-refractivity contribution in [3.05, 3.63) is 29.6 Å². The van der Waals surface area contributed by atoms with Gasteiger partial charge < -0.3 is 15.7 Å². The Bertz CT molecular complexity index is 514. The van der Waals surface area contributed by atoms with Gasteiger partial charge in [-0.25, -0.2) is 18.0 Å². The first kappa shape index (κ1) is 16.8. The van der Waals surface area contributed by atoms with E-state index in [9.17, 15) is 22.8 Å². The first-order chi connectivity index (χ1) is 9.81. The molecule has 0 heterocycles. The zero-order valence-electron chi connectivity index (χ0n) is 11.3. The number of urea groups is 1. The van der Waals surface area contributed by atoms with Gasteiger partial charge in [0.2, 0.25) is 0 Å². The minimum Gasteiger partial charge on any atom is -0.481 e. The van der Waals surface area contributed by atoms with Gasteiger partial charge in [0, 0.05) is 24.4 Å². The highest BCUT2D eigenvalue weighted by atomic mass is 19.2. The second kappa shape index (κ2) is 7.51. The Morgan fingerprint density at radius 2 is 1.81 bits per heavy atom. The summed E-state index contributed by atoms with van der Waals surface area (Å²) in [4.78, 5) is 22.0. The maximum Gasteiger partial charge on any atom is 0.319 e. The third-order valence-electron chi connectivity index (χ3n) is 2.76. The van der Waals surface area contributed by atoms with Crippen molar-refractivity contribution in [2.45, 2.75) is 19.8 Å². The fourth-order valence-electron chi connectivity index (χ4n) is 1.54. The van der Waals surface area contributed by atoms with Gasteiger partial charge in [0.1, 0.15) is 0 Å². The molecule has 1 rings (SSSR count). The minimum atomic E-state index is -1.61. The van der Waals surface area contributed by atoms with E-state index in [4.69, 9.17) is 5.11 Å². The van der Waals surface area contributed by atoms with E-state index in [0.717, 1.165) is 0 Å². The molecule has 1 aromatic carbocycles. The van der Waals surface area contributed by atoms with Crippen LogP contribution in [-0.4, -0.2) is 23.7 Å². The van der Waals surface area contributed by atoms with E-state index >= 15 is 0 Å². The van der Waals surface area contributed by atoms with E-state index in [0.29, 0.717) is 25.0 Å². The highest BCUT2D eigenvalue weighted by molar-refractivity contribution is 5.89. The zero-order valence-corrected chi connectivity index (χ0v) is 11.3. The Hall–Kier alpha value is -2.25. The summed E-state index contributed by atoms with van der Waals surface area (Å²) in [5.41, 5.74) is -0.220. The summed E-state index contributed by atoms with van der Waals surface area (Å²) in [5.74, 6) is -5.85. The standard InChI is InChI=1S/C13H15F3N2O3/c1-7(12(19)20)3-2-4-17-13(21)18-8-5-9(14)11(16)10(15)6-8/h5-7H,2-4H2,1H3,(H,19,20)(H2,17,18,21). The molecule has 1 aromatic rings. The van der Waals surface area contributed by atoms with E-state index in [1.54, 1.807) is 6.92 Å². The molecule has 0 aliphatic rings.